The molecule has 10 rings (SSSR count). The zero-order valence-electron chi connectivity index (χ0n) is 36.3. The lowest BCUT2D eigenvalue weighted by atomic mass is 9.81. The van der Waals surface area contributed by atoms with Crippen LogP contribution in [0.4, 0.5) is 0 Å². The molecule has 0 radical (unpaired) electrons. The molecule has 302 valence electrons. The largest absolute Gasteiger partial charge is 0.268 e. The molecular weight excluding hydrogens is 781 g/mol. The van der Waals surface area contributed by atoms with E-state index in [-0.39, 0.29) is 43.9 Å². The molecule has 0 bridgehead atoms. The van der Waals surface area contributed by atoms with E-state index in [1.54, 1.807) is 20.7 Å². The van der Waals surface area contributed by atoms with Gasteiger partial charge in [0.1, 0.15) is 0 Å². The minimum atomic E-state index is -0.342. The highest BCUT2D eigenvalue weighted by atomic mass is 32.9. The Morgan fingerprint density at radius 3 is 1.02 bits per heavy atom. The van der Waals surface area contributed by atoms with Crippen LogP contribution in [0.15, 0.2) is 92.0 Å². The van der Waals surface area contributed by atoms with E-state index < -0.39 is 0 Å². The number of fused-ring (bicyclic) bond motifs is 1. The highest BCUT2D eigenvalue weighted by Crippen LogP contribution is 2.50. The van der Waals surface area contributed by atoms with Crippen LogP contribution in [0, 0.1) is 0 Å². The van der Waals surface area contributed by atoms with Gasteiger partial charge in [0.25, 0.3) is 22.2 Å². The molecule has 0 aliphatic heterocycles. The van der Waals surface area contributed by atoms with Gasteiger partial charge in [-0.2, -0.15) is 0 Å². The van der Waals surface area contributed by atoms with Crippen molar-refractivity contribution in [2.24, 2.45) is 0 Å². The van der Waals surface area contributed by atoms with E-state index in [9.17, 15) is 9.59 Å². The SMILES string of the molecule is CC(C)(C)c1ccc(C(C)(C)C)c(-n2c(=O)c3ccc4c5ccc6c(=O)n(-c7cc(C(C)(C)C)ccc7C(C)(C)C)c(=O)c7cc8ssc9cc(c2=O)c3c4c9c8c5c67)c1. The van der Waals surface area contributed by atoms with Crippen LogP contribution in [-0.2, 0) is 21.7 Å². The first kappa shape index (κ1) is 38.7. The topological polar surface area (TPSA) is 78.1 Å². The van der Waals surface area contributed by atoms with E-state index in [0.717, 1.165) is 64.0 Å². The molecule has 0 N–H and O–H groups in total. The summed E-state index contributed by atoms with van der Waals surface area (Å²) in [5.41, 5.74) is 2.76. The molecule has 0 saturated carbocycles. The summed E-state index contributed by atoms with van der Waals surface area (Å²) in [4.78, 5) is 59.9. The van der Waals surface area contributed by atoms with Gasteiger partial charge in [0.15, 0.2) is 0 Å². The van der Waals surface area contributed by atoms with E-state index in [4.69, 9.17) is 0 Å². The van der Waals surface area contributed by atoms with Gasteiger partial charge < -0.3 is 0 Å². The second-order valence-corrected chi connectivity index (χ2v) is 23.2. The molecule has 6 nitrogen and oxygen atoms in total. The van der Waals surface area contributed by atoms with Crippen molar-refractivity contribution in [3.8, 4) is 11.4 Å². The summed E-state index contributed by atoms with van der Waals surface area (Å²) in [6.45, 7) is 25.5. The number of rotatable bonds is 2. The van der Waals surface area contributed by atoms with Gasteiger partial charge in [-0.25, -0.2) is 9.13 Å². The lowest BCUT2D eigenvalue weighted by molar-refractivity contribution is 0.572. The molecule has 8 heteroatoms. The third-order valence-electron chi connectivity index (χ3n) is 12.8. The third kappa shape index (κ3) is 5.22. The summed E-state index contributed by atoms with van der Waals surface area (Å²) >= 11 is 0. The molecule has 0 amide bonds. The summed E-state index contributed by atoms with van der Waals surface area (Å²) in [6, 6.07) is 24.0. The number of hydrogen-bond acceptors (Lipinski definition) is 6. The van der Waals surface area contributed by atoms with Crippen molar-refractivity contribution in [3.05, 3.63) is 136 Å². The van der Waals surface area contributed by atoms with Gasteiger partial charge in [0.2, 0.25) is 0 Å². The fraction of sp³-hybridized carbons (Fsp3) is 0.308. The summed E-state index contributed by atoms with van der Waals surface area (Å²) in [5.74, 6) is 0. The molecule has 0 unspecified atom stereocenters. The first-order valence-corrected chi connectivity index (χ1v) is 22.8. The second kappa shape index (κ2) is 12.1. The van der Waals surface area contributed by atoms with Crippen molar-refractivity contribution in [2.75, 3.05) is 0 Å². The average Bonchev–Trinajstić information content (AvgIpc) is 3.16. The Morgan fingerprint density at radius 1 is 0.350 bits per heavy atom. The molecule has 0 aliphatic rings. The van der Waals surface area contributed by atoms with Crippen molar-refractivity contribution in [1.82, 2.24) is 9.13 Å². The van der Waals surface area contributed by atoms with Gasteiger partial charge in [-0.15, -0.1) is 0 Å². The molecule has 0 saturated heterocycles. The number of benzene rings is 7. The van der Waals surface area contributed by atoms with Crippen LogP contribution in [0.25, 0.3) is 85.4 Å². The Morgan fingerprint density at radius 2 is 0.683 bits per heavy atom. The monoisotopic (exact) mass is 828 g/mol. The van der Waals surface area contributed by atoms with Crippen LogP contribution in [0.3, 0.4) is 0 Å². The quantitative estimate of drug-likeness (QED) is 0.0988. The third-order valence-corrected chi connectivity index (χ3v) is 15.2. The molecule has 0 aliphatic carbocycles. The maximum atomic E-state index is 15.0. The fourth-order valence-corrected chi connectivity index (χ4v) is 12.1. The van der Waals surface area contributed by atoms with Gasteiger partial charge in [-0.05, 0) is 91.1 Å². The molecule has 7 aromatic carbocycles. The second-order valence-electron chi connectivity index (χ2n) is 20.9. The minimum Gasteiger partial charge on any atom is -0.268 e. The molecule has 3 aromatic heterocycles. The first-order valence-electron chi connectivity index (χ1n) is 20.7. The van der Waals surface area contributed by atoms with E-state index in [0.29, 0.717) is 43.7 Å². The average molecular weight is 829 g/mol. The zero-order chi connectivity index (χ0) is 42.9. The summed E-state index contributed by atoms with van der Waals surface area (Å²) in [6.07, 6.45) is 0. The maximum absolute atomic E-state index is 15.0. The Labute approximate surface area is 354 Å². The highest BCUT2D eigenvalue weighted by molar-refractivity contribution is 7.74. The van der Waals surface area contributed by atoms with Crippen LogP contribution >= 0.6 is 20.7 Å². The number of aromatic nitrogens is 2. The zero-order valence-corrected chi connectivity index (χ0v) is 37.9. The van der Waals surface area contributed by atoms with Gasteiger partial charge in [0, 0.05) is 52.5 Å². The lowest BCUT2D eigenvalue weighted by Crippen LogP contribution is -2.34. The number of hydrogen-bond donors (Lipinski definition) is 0. The number of nitrogens with zero attached hydrogens (tertiary/aromatic N) is 2. The van der Waals surface area contributed by atoms with Crippen LogP contribution in [-0.4, -0.2) is 9.13 Å². The first-order chi connectivity index (χ1) is 28.0. The Balaban J connectivity index is 1.34. The van der Waals surface area contributed by atoms with E-state index >= 15 is 9.59 Å². The van der Waals surface area contributed by atoms with Gasteiger partial charge in [-0.1, -0.05) is 140 Å². The standard InChI is InChI=1S/C52H48N2O4S2/c1-49(2,3)25-13-19-33(51(7,8)9)35(21-25)53-45(55)29-17-15-27-28-16-18-30-40-32(24-38-44(42(28)40)43-37(59-60-38)23-31(47(53)57)39(29)41(27)43)48(58)54(46(30)56)36-22-26(50(4,5)6)14-20-34(36)52(10,11)12/h13-24H,1-12H3. The Kier molecular flexibility index (Phi) is 7.82. The Hall–Kier alpha value is -5.44. The summed E-state index contributed by atoms with van der Waals surface area (Å²) in [5, 5.41) is 8.70. The van der Waals surface area contributed by atoms with Gasteiger partial charge >= 0.3 is 0 Å². The smallest absolute Gasteiger partial charge is 0.266 e. The van der Waals surface area contributed by atoms with Crippen LogP contribution < -0.4 is 22.2 Å². The van der Waals surface area contributed by atoms with Crippen molar-refractivity contribution < 1.29 is 0 Å². The van der Waals surface area contributed by atoms with Gasteiger partial charge in [-0.3, -0.25) is 19.2 Å². The van der Waals surface area contributed by atoms with Crippen molar-refractivity contribution in [2.45, 2.75) is 105 Å². The van der Waals surface area contributed by atoms with Crippen molar-refractivity contribution in [3.63, 3.8) is 0 Å². The normalized spacial score (nSPS) is 13.6. The fourth-order valence-electron chi connectivity index (χ4n) is 9.68. The molecule has 60 heavy (non-hydrogen) atoms. The predicted octanol–water partition coefficient (Wildman–Crippen LogP) is 12.4. The summed E-state index contributed by atoms with van der Waals surface area (Å²) < 4.78 is 4.65. The minimum absolute atomic E-state index is 0.198. The molecule has 0 atom stereocenters. The summed E-state index contributed by atoms with van der Waals surface area (Å²) in [7, 11) is 3.14. The van der Waals surface area contributed by atoms with Crippen LogP contribution in [0.2, 0.25) is 0 Å². The predicted molar refractivity (Wildman–Crippen MR) is 257 cm³/mol. The van der Waals surface area contributed by atoms with Crippen LogP contribution in [0.5, 0.6) is 0 Å². The molecule has 10 aromatic rings. The van der Waals surface area contributed by atoms with E-state index in [1.165, 1.54) is 9.13 Å². The number of pyridine rings is 2. The molecule has 0 spiro atoms. The van der Waals surface area contributed by atoms with E-state index in [1.807, 2.05) is 48.5 Å². The molecule has 3 heterocycles. The van der Waals surface area contributed by atoms with Crippen LogP contribution in [0.1, 0.15) is 105 Å². The lowest BCUT2D eigenvalue weighted by Gasteiger charge is -2.27. The Bertz CT molecular complexity index is 3480. The molecule has 0 fully saturated rings. The molecular formula is C52H48N2O4S2. The highest BCUT2D eigenvalue weighted by Gasteiger charge is 2.31. The maximum Gasteiger partial charge on any atom is 0.266 e. The van der Waals surface area contributed by atoms with E-state index in [2.05, 4.69) is 107 Å². The van der Waals surface area contributed by atoms with Crippen molar-refractivity contribution in [1.29, 1.82) is 0 Å². The van der Waals surface area contributed by atoms with Gasteiger partial charge in [0.05, 0.1) is 22.1 Å². The van der Waals surface area contributed by atoms with Crippen molar-refractivity contribution >= 4 is 94.7 Å².